The second kappa shape index (κ2) is 11.3. The van der Waals surface area contributed by atoms with Gasteiger partial charge in [-0.25, -0.2) is 0 Å². The molecule has 5 rings (SSSR count). The molecular weight excluding hydrogens is 568 g/mol. The maximum atomic E-state index is 13.9. The van der Waals surface area contributed by atoms with Gasteiger partial charge in [0.05, 0.1) is 12.2 Å². The summed E-state index contributed by atoms with van der Waals surface area (Å²) in [6, 6.07) is 5.94. The van der Waals surface area contributed by atoms with Gasteiger partial charge in [-0.1, -0.05) is 0 Å². The first-order valence-corrected chi connectivity index (χ1v) is 12.6. The molecule has 2 saturated heterocycles. The van der Waals surface area contributed by atoms with E-state index in [4.69, 9.17) is 18.6 Å². The van der Waals surface area contributed by atoms with Gasteiger partial charge in [-0.2, -0.15) is 0 Å². The summed E-state index contributed by atoms with van der Waals surface area (Å²) in [7, 11) is 0. The smallest absolute Gasteiger partial charge is 0.239 e. The highest BCUT2D eigenvalue weighted by molar-refractivity contribution is 5.90. The summed E-state index contributed by atoms with van der Waals surface area (Å²) >= 11 is 0. The van der Waals surface area contributed by atoms with Crippen LogP contribution < -0.4 is 10.2 Å². The van der Waals surface area contributed by atoms with Crippen LogP contribution in [0.3, 0.4) is 0 Å². The Bertz CT molecular complexity index is 1510. The van der Waals surface area contributed by atoms with E-state index in [0.717, 1.165) is 6.07 Å². The Hall–Kier alpha value is -3.55. The Labute approximate surface area is 234 Å². The van der Waals surface area contributed by atoms with Gasteiger partial charge in [0.2, 0.25) is 11.2 Å². The van der Waals surface area contributed by atoms with Gasteiger partial charge in [-0.05, 0) is 24.3 Å². The minimum Gasteiger partial charge on any atom is -0.508 e. The zero-order valence-electron chi connectivity index (χ0n) is 21.3. The maximum absolute atomic E-state index is 13.9. The zero-order chi connectivity index (χ0) is 30.6. The number of hydrogen-bond acceptors (Lipinski definition) is 16. The molecule has 42 heavy (non-hydrogen) atoms. The predicted molar refractivity (Wildman–Crippen MR) is 135 cm³/mol. The number of aliphatic hydroxyl groups excluding tert-OH is 8. The highest BCUT2D eigenvalue weighted by Crippen LogP contribution is 2.46. The molecule has 2 aliphatic heterocycles. The number of phenols is 3. The molecule has 3 unspecified atom stereocenters. The number of rotatable bonds is 5. The first-order chi connectivity index (χ1) is 19.8. The van der Waals surface area contributed by atoms with Gasteiger partial charge >= 0.3 is 0 Å². The van der Waals surface area contributed by atoms with E-state index in [1.165, 1.54) is 24.3 Å². The van der Waals surface area contributed by atoms with Crippen LogP contribution in [0.4, 0.5) is 0 Å². The fourth-order valence-electron chi connectivity index (χ4n) is 4.94. The molecule has 0 spiro atoms. The Kier molecular flexibility index (Phi) is 8.03. The summed E-state index contributed by atoms with van der Waals surface area (Å²) in [5.41, 5.74) is -2.17. The van der Waals surface area contributed by atoms with Crippen LogP contribution in [0, 0.1) is 0 Å². The molecule has 1 aromatic heterocycles. The normalized spacial score (nSPS) is 33.5. The highest BCUT2D eigenvalue weighted by Gasteiger charge is 2.47. The third-order valence-electron chi connectivity index (χ3n) is 7.23. The summed E-state index contributed by atoms with van der Waals surface area (Å²) in [6.45, 7) is -0.769. The second-order valence-electron chi connectivity index (χ2n) is 9.90. The molecule has 0 amide bonds. The lowest BCUT2D eigenvalue weighted by molar-refractivity contribution is -0.284. The van der Waals surface area contributed by atoms with Crippen LogP contribution in [0.1, 0.15) is 11.7 Å². The van der Waals surface area contributed by atoms with Crippen molar-refractivity contribution in [1.29, 1.82) is 0 Å². The van der Waals surface area contributed by atoms with E-state index in [0.29, 0.717) is 0 Å². The second-order valence-corrected chi connectivity index (χ2v) is 9.90. The summed E-state index contributed by atoms with van der Waals surface area (Å²) in [5.74, 6) is -3.13. The van der Waals surface area contributed by atoms with Crippen LogP contribution in [0.5, 0.6) is 23.0 Å². The van der Waals surface area contributed by atoms with Gasteiger partial charge in [0.15, 0.2) is 24.4 Å². The molecule has 2 aromatic carbocycles. The maximum Gasteiger partial charge on any atom is 0.239 e. The summed E-state index contributed by atoms with van der Waals surface area (Å²) in [4.78, 5) is 13.9. The van der Waals surface area contributed by atoms with E-state index in [1.54, 1.807) is 0 Å². The van der Waals surface area contributed by atoms with Crippen LogP contribution in [0.15, 0.2) is 39.5 Å². The van der Waals surface area contributed by atoms with Gasteiger partial charge in [-0.3, -0.25) is 4.79 Å². The van der Waals surface area contributed by atoms with Crippen LogP contribution >= 0.6 is 0 Å². The quantitative estimate of drug-likeness (QED) is 0.142. The monoisotopic (exact) mass is 596 g/mol. The van der Waals surface area contributed by atoms with E-state index >= 15 is 0 Å². The molecule has 0 aliphatic carbocycles. The fraction of sp³-hybridized carbons (Fsp3) is 0.423. The molecule has 16 nitrogen and oxygen atoms in total. The summed E-state index contributed by atoms with van der Waals surface area (Å²) in [6.07, 6.45) is -18.7. The molecule has 3 aromatic rings. The number of fused-ring (bicyclic) bond motifs is 1. The van der Waals surface area contributed by atoms with Crippen molar-refractivity contribution < 1.29 is 74.8 Å². The van der Waals surface area contributed by atoms with Crippen LogP contribution in [-0.4, -0.2) is 118 Å². The first-order valence-electron chi connectivity index (χ1n) is 12.6. The molecule has 0 radical (unpaired) electrons. The molecule has 2 aliphatic rings. The van der Waals surface area contributed by atoms with Gasteiger partial charge in [-0.15, -0.1) is 0 Å². The van der Waals surface area contributed by atoms with Crippen LogP contribution in [0.2, 0.25) is 0 Å². The largest absolute Gasteiger partial charge is 0.508 e. The molecule has 11 N–H and O–H groups in total. The van der Waals surface area contributed by atoms with E-state index in [9.17, 15) is 61.0 Å². The minimum atomic E-state index is -2.06. The number of phenolic OH excluding ortho intramolecular Hbond substituents is 3. The number of aromatic hydroxyl groups is 3. The predicted octanol–water partition coefficient (Wildman–Crippen LogP) is -2.77. The average Bonchev–Trinajstić information content (AvgIpc) is 2.95. The van der Waals surface area contributed by atoms with Crippen molar-refractivity contribution in [3.8, 4) is 34.3 Å². The van der Waals surface area contributed by atoms with Crippen molar-refractivity contribution in [3.63, 3.8) is 0 Å². The van der Waals surface area contributed by atoms with E-state index in [2.05, 4.69) is 0 Å². The molecule has 2 fully saturated rings. The van der Waals surface area contributed by atoms with Crippen molar-refractivity contribution in [2.45, 2.75) is 61.4 Å². The Balaban J connectivity index is 1.70. The average molecular weight is 596 g/mol. The molecule has 0 bridgehead atoms. The van der Waals surface area contributed by atoms with Crippen molar-refractivity contribution in [1.82, 2.24) is 0 Å². The van der Waals surface area contributed by atoms with Gasteiger partial charge < -0.3 is 74.8 Å². The lowest BCUT2D eigenvalue weighted by Gasteiger charge is -2.39. The fourth-order valence-corrected chi connectivity index (χ4v) is 4.94. The number of aliphatic hydroxyl groups is 8. The van der Waals surface area contributed by atoms with E-state index in [1.807, 2.05) is 0 Å². The number of ether oxygens (including phenoxy) is 3. The molecule has 0 saturated carbocycles. The molecule has 3 heterocycles. The van der Waals surface area contributed by atoms with Gasteiger partial charge in [0.1, 0.15) is 70.9 Å². The van der Waals surface area contributed by atoms with Crippen molar-refractivity contribution >= 4 is 11.0 Å². The van der Waals surface area contributed by atoms with Gasteiger partial charge in [0, 0.05) is 11.6 Å². The lowest BCUT2D eigenvalue weighted by Crippen LogP contribution is -2.60. The standard InChI is InChI=1S/C26H28O16/c27-6-11-14(30)18(34)24(26(38)40-11)41-23-16(32)13-10(39-21(23)7-1-3-8(28)4-2-7)5-9(29)12(15(13)31)22-19(35)17(33)20(36)25(37)42-22/h1-5,11,14,17-20,22,24-31,33-38H,6H2/t11-,14-,17+,18+,19+,20-,22?,24-,25?,26?/m1/s1. The molecular formula is C26H28O16. The topological polar surface area (TPSA) is 280 Å². The Morgan fingerprint density at radius 3 is 2.10 bits per heavy atom. The molecule has 16 heteroatoms. The molecule has 228 valence electrons. The first kappa shape index (κ1) is 29.9. The number of hydrogen-bond donors (Lipinski definition) is 11. The van der Waals surface area contributed by atoms with E-state index in [-0.39, 0.29) is 17.1 Å². The minimum absolute atomic E-state index is 0.102. The van der Waals surface area contributed by atoms with Crippen LogP contribution in [-0.2, 0) is 9.47 Å². The summed E-state index contributed by atoms with van der Waals surface area (Å²) < 4.78 is 21.6. The lowest BCUT2D eigenvalue weighted by atomic mass is 9.91. The van der Waals surface area contributed by atoms with Crippen molar-refractivity contribution in [3.05, 3.63) is 46.1 Å². The van der Waals surface area contributed by atoms with E-state index < -0.39 is 107 Å². The zero-order valence-corrected chi connectivity index (χ0v) is 21.3. The Morgan fingerprint density at radius 1 is 0.786 bits per heavy atom. The summed E-state index contributed by atoms with van der Waals surface area (Å²) in [5, 5.41) is 112. The molecule has 10 atom stereocenters. The van der Waals surface area contributed by atoms with Crippen molar-refractivity contribution in [2.75, 3.05) is 6.61 Å². The SMILES string of the molecule is O=c1c(O[C@H]2C(O)O[C@H](CO)[C@@H](O)[C@@H]2O)c(-c2ccc(O)cc2)oc2cc(O)c(C3OC(O)[C@H](O)[C@@H](O)[C@@H]3O)c(O)c12. The highest BCUT2D eigenvalue weighted by atomic mass is 16.7. The third kappa shape index (κ3) is 4.92. The Morgan fingerprint density at radius 2 is 1.45 bits per heavy atom. The number of benzene rings is 2. The van der Waals surface area contributed by atoms with Crippen molar-refractivity contribution in [2.24, 2.45) is 0 Å². The third-order valence-corrected chi connectivity index (χ3v) is 7.23. The van der Waals surface area contributed by atoms with Gasteiger partial charge in [0.25, 0.3) is 0 Å². The van der Waals surface area contributed by atoms with Crippen LogP contribution in [0.25, 0.3) is 22.3 Å².